The zero-order valence-electron chi connectivity index (χ0n) is 11.6. The molecule has 2 heterocycles. The Morgan fingerprint density at radius 3 is 2.81 bits per heavy atom. The van der Waals surface area contributed by atoms with Crippen LogP contribution < -0.4 is 5.32 Å². The number of amides is 1. The van der Waals surface area contributed by atoms with Gasteiger partial charge in [-0.2, -0.15) is 0 Å². The van der Waals surface area contributed by atoms with E-state index in [1.54, 1.807) is 30.4 Å². The minimum absolute atomic E-state index is 0.116. The maximum atomic E-state index is 13.7. The van der Waals surface area contributed by atoms with Crippen molar-refractivity contribution < 1.29 is 13.6 Å². The number of hydrogen-bond acceptors (Lipinski definition) is 3. The van der Waals surface area contributed by atoms with Crippen LogP contribution in [0.15, 0.2) is 40.1 Å². The van der Waals surface area contributed by atoms with Gasteiger partial charge in [-0.05, 0) is 31.4 Å². The first-order valence-corrected chi connectivity index (χ1v) is 7.47. The highest BCUT2D eigenvalue weighted by molar-refractivity contribution is 7.10. The van der Waals surface area contributed by atoms with Gasteiger partial charge in [0.1, 0.15) is 0 Å². The summed E-state index contributed by atoms with van der Waals surface area (Å²) in [4.78, 5) is 13.4. The maximum absolute atomic E-state index is 13.7. The van der Waals surface area contributed by atoms with Gasteiger partial charge in [0.05, 0.1) is 6.04 Å². The summed E-state index contributed by atoms with van der Waals surface area (Å²) in [5.74, 6) is -0.622. The van der Waals surface area contributed by atoms with E-state index in [9.17, 15) is 9.18 Å². The number of para-hydroxylation sites is 1. The summed E-state index contributed by atoms with van der Waals surface area (Å²) in [6.07, 6.45) is 0. The molecule has 0 aliphatic rings. The Morgan fingerprint density at radius 2 is 2.14 bits per heavy atom. The number of rotatable bonds is 3. The number of hydrogen-bond donors (Lipinski definition) is 1. The molecular weight excluding hydrogens is 289 g/mol. The smallest absolute Gasteiger partial charge is 0.287 e. The van der Waals surface area contributed by atoms with Crippen molar-refractivity contribution in [1.82, 2.24) is 5.32 Å². The number of nitrogens with one attached hydrogen (secondary N) is 1. The van der Waals surface area contributed by atoms with Crippen LogP contribution in [0.5, 0.6) is 0 Å². The number of aryl methyl sites for hydroxylation is 1. The third-order valence-electron chi connectivity index (χ3n) is 3.44. The van der Waals surface area contributed by atoms with Gasteiger partial charge in [-0.1, -0.05) is 18.2 Å². The van der Waals surface area contributed by atoms with Crippen LogP contribution in [-0.2, 0) is 0 Å². The minimum atomic E-state index is -0.457. The standard InChI is InChI=1S/C16H14FNO2S/c1-9-11-5-3-6-12(17)15(11)20-14(9)16(19)18-10(2)13-7-4-8-21-13/h3-8,10H,1-2H3,(H,18,19). The zero-order chi connectivity index (χ0) is 15.0. The largest absolute Gasteiger partial charge is 0.448 e. The van der Waals surface area contributed by atoms with Crippen LogP contribution in [0.3, 0.4) is 0 Å². The van der Waals surface area contributed by atoms with Crippen molar-refractivity contribution >= 4 is 28.2 Å². The molecule has 3 aromatic rings. The minimum Gasteiger partial charge on any atom is -0.448 e. The second-order valence-electron chi connectivity index (χ2n) is 4.88. The predicted octanol–water partition coefficient (Wildman–Crippen LogP) is 4.43. The van der Waals surface area contributed by atoms with Crippen molar-refractivity contribution in [2.75, 3.05) is 0 Å². The first-order chi connectivity index (χ1) is 10.1. The van der Waals surface area contributed by atoms with E-state index in [2.05, 4.69) is 5.32 Å². The van der Waals surface area contributed by atoms with Gasteiger partial charge in [-0.3, -0.25) is 4.79 Å². The van der Waals surface area contributed by atoms with Crippen molar-refractivity contribution in [3.8, 4) is 0 Å². The number of fused-ring (bicyclic) bond motifs is 1. The van der Waals surface area contributed by atoms with Crippen LogP contribution in [0.1, 0.15) is 34.0 Å². The van der Waals surface area contributed by atoms with Crippen LogP contribution in [0.2, 0.25) is 0 Å². The van der Waals surface area contributed by atoms with Crippen molar-refractivity contribution in [1.29, 1.82) is 0 Å². The molecule has 1 N–H and O–H groups in total. The molecule has 0 saturated carbocycles. The molecule has 0 saturated heterocycles. The fraction of sp³-hybridized carbons (Fsp3) is 0.188. The zero-order valence-corrected chi connectivity index (χ0v) is 12.5. The third-order valence-corrected chi connectivity index (χ3v) is 4.49. The lowest BCUT2D eigenvalue weighted by Gasteiger charge is -2.11. The second-order valence-corrected chi connectivity index (χ2v) is 5.86. The van der Waals surface area contributed by atoms with Gasteiger partial charge < -0.3 is 9.73 Å². The molecule has 2 aromatic heterocycles. The van der Waals surface area contributed by atoms with E-state index in [1.807, 2.05) is 24.4 Å². The molecule has 0 bridgehead atoms. The Labute approximate surface area is 125 Å². The number of carbonyl (C=O) groups is 1. The number of benzene rings is 1. The van der Waals surface area contributed by atoms with Gasteiger partial charge in [0, 0.05) is 15.8 Å². The molecule has 0 radical (unpaired) electrons. The van der Waals surface area contributed by atoms with E-state index in [0.717, 1.165) is 4.88 Å². The Hall–Kier alpha value is -2.14. The summed E-state index contributed by atoms with van der Waals surface area (Å²) in [5.41, 5.74) is 0.782. The van der Waals surface area contributed by atoms with Gasteiger partial charge in [-0.15, -0.1) is 11.3 Å². The summed E-state index contributed by atoms with van der Waals surface area (Å²) in [6.45, 7) is 3.66. The molecule has 1 aromatic carbocycles. The Bertz CT molecular complexity index is 792. The van der Waals surface area contributed by atoms with Crippen LogP contribution in [-0.4, -0.2) is 5.91 Å². The van der Waals surface area contributed by atoms with E-state index >= 15 is 0 Å². The highest BCUT2D eigenvalue weighted by Gasteiger charge is 2.21. The fourth-order valence-electron chi connectivity index (χ4n) is 2.30. The van der Waals surface area contributed by atoms with E-state index in [0.29, 0.717) is 10.9 Å². The van der Waals surface area contributed by atoms with Crippen LogP contribution in [0, 0.1) is 12.7 Å². The first-order valence-electron chi connectivity index (χ1n) is 6.60. The van der Waals surface area contributed by atoms with Crippen LogP contribution >= 0.6 is 11.3 Å². The van der Waals surface area contributed by atoms with Crippen molar-refractivity contribution in [2.24, 2.45) is 0 Å². The highest BCUT2D eigenvalue weighted by atomic mass is 32.1. The Kier molecular flexibility index (Phi) is 3.51. The molecule has 3 rings (SSSR count). The first kappa shape index (κ1) is 13.8. The predicted molar refractivity (Wildman–Crippen MR) is 81.1 cm³/mol. The average Bonchev–Trinajstić information content (AvgIpc) is 3.08. The average molecular weight is 303 g/mol. The lowest BCUT2D eigenvalue weighted by Crippen LogP contribution is -2.26. The molecule has 21 heavy (non-hydrogen) atoms. The van der Waals surface area contributed by atoms with E-state index in [1.165, 1.54) is 6.07 Å². The van der Waals surface area contributed by atoms with Gasteiger partial charge in [0.15, 0.2) is 17.2 Å². The highest BCUT2D eigenvalue weighted by Crippen LogP contribution is 2.28. The molecular formula is C16H14FNO2S. The van der Waals surface area contributed by atoms with Crippen molar-refractivity contribution in [2.45, 2.75) is 19.9 Å². The summed E-state index contributed by atoms with van der Waals surface area (Å²) < 4.78 is 19.1. The molecule has 0 aliphatic heterocycles. The van der Waals surface area contributed by atoms with Gasteiger partial charge in [-0.25, -0.2) is 4.39 Å². The normalized spacial score (nSPS) is 12.5. The molecule has 1 atom stereocenters. The maximum Gasteiger partial charge on any atom is 0.287 e. The summed E-state index contributed by atoms with van der Waals surface area (Å²) in [6, 6.07) is 8.45. The Morgan fingerprint density at radius 1 is 1.33 bits per heavy atom. The van der Waals surface area contributed by atoms with Crippen LogP contribution in [0.4, 0.5) is 4.39 Å². The SMILES string of the molecule is Cc1c(C(=O)NC(C)c2cccs2)oc2c(F)cccc12. The van der Waals surface area contributed by atoms with E-state index in [-0.39, 0.29) is 23.3 Å². The van der Waals surface area contributed by atoms with Crippen molar-refractivity contribution in [3.05, 3.63) is 57.7 Å². The molecule has 1 amide bonds. The second kappa shape index (κ2) is 5.33. The molecule has 3 nitrogen and oxygen atoms in total. The Balaban J connectivity index is 1.91. The van der Waals surface area contributed by atoms with Gasteiger partial charge in [0.2, 0.25) is 0 Å². The molecule has 0 fully saturated rings. The van der Waals surface area contributed by atoms with Crippen LogP contribution in [0.25, 0.3) is 11.0 Å². The van der Waals surface area contributed by atoms with E-state index in [4.69, 9.17) is 4.42 Å². The number of thiophene rings is 1. The lowest BCUT2D eigenvalue weighted by atomic mass is 10.1. The van der Waals surface area contributed by atoms with E-state index < -0.39 is 5.82 Å². The summed E-state index contributed by atoms with van der Waals surface area (Å²) in [5, 5.41) is 5.46. The van der Waals surface area contributed by atoms with Gasteiger partial charge >= 0.3 is 0 Å². The lowest BCUT2D eigenvalue weighted by molar-refractivity contribution is 0.0913. The third kappa shape index (κ3) is 2.45. The number of halogens is 1. The van der Waals surface area contributed by atoms with Crippen molar-refractivity contribution in [3.63, 3.8) is 0 Å². The monoisotopic (exact) mass is 303 g/mol. The molecule has 0 aliphatic carbocycles. The summed E-state index contributed by atoms with van der Waals surface area (Å²) >= 11 is 1.57. The molecule has 1 unspecified atom stereocenters. The number of carbonyl (C=O) groups excluding carboxylic acids is 1. The fourth-order valence-corrected chi connectivity index (χ4v) is 3.03. The number of furan rings is 1. The summed E-state index contributed by atoms with van der Waals surface area (Å²) in [7, 11) is 0. The van der Waals surface area contributed by atoms with Gasteiger partial charge in [0.25, 0.3) is 5.91 Å². The molecule has 0 spiro atoms. The topological polar surface area (TPSA) is 42.2 Å². The molecule has 108 valence electrons. The quantitative estimate of drug-likeness (QED) is 0.777. The molecule has 5 heteroatoms.